The lowest BCUT2D eigenvalue weighted by Crippen LogP contribution is -1.91. The quantitative estimate of drug-likeness (QED) is 0.473. The number of hydrogen-bond donors (Lipinski definition) is 0. The van der Waals surface area contributed by atoms with Gasteiger partial charge in [-0.25, -0.2) is 9.37 Å². The Morgan fingerprint density at radius 1 is 1.18 bits per heavy atom. The maximum atomic E-state index is 12.8. The third kappa shape index (κ3) is 0.485. The van der Waals surface area contributed by atoms with Crippen LogP contribution in [0.3, 0.4) is 0 Å². The Kier molecular flexibility index (Phi) is 0.677. The molecule has 11 heavy (non-hydrogen) atoms. The van der Waals surface area contributed by atoms with Gasteiger partial charge in [0.2, 0.25) is 0 Å². The monoisotopic (exact) mass is 145 g/mol. The van der Waals surface area contributed by atoms with Crippen molar-refractivity contribution in [1.82, 2.24) is 4.98 Å². The number of hydrogen-bond acceptors (Lipinski definition) is 1. The molecule has 0 unspecified atom stereocenters. The van der Waals surface area contributed by atoms with E-state index in [9.17, 15) is 4.39 Å². The fourth-order valence-corrected chi connectivity index (χ4v) is 1.49. The number of aromatic nitrogens is 1. The molecule has 2 aromatic carbocycles. The highest BCUT2D eigenvalue weighted by atomic mass is 19.1. The van der Waals surface area contributed by atoms with Crippen LogP contribution in [0.25, 0.3) is 21.8 Å². The van der Waals surface area contributed by atoms with Gasteiger partial charge in [0.25, 0.3) is 0 Å². The molecule has 0 amide bonds. The number of halogens is 1. The summed E-state index contributed by atoms with van der Waals surface area (Å²) in [6.45, 7) is 0. The van der Waals surface area contributed by atoms with Crippen LogP contribution in [0.2, 0.25) is 0 Å². The zero-order chi connectivity index (χ0) is 7.42. The Hall–Kier alpha value is -1.44. The van der Waals surface area contributed by atoms with Crippen molar-refractivity contribution >= 4 is 21.8 Å². The van der Waals surface area contributed by atoms with Crippen molar-refractivity contribution in [2.75, 3.05) is 0 Å². The average molecular weight is 145 g/mol. The van der Waals surface area contributed by atoms with Crippen LogP contribution in [0.15, 0.2) is 24.3 Å². The minimum Gasteiger partial charge on any atom is -0.247 e. The molecule has 4 rings (SSSR count). The molecule has 0 saturated carbocycles. The van der Waals surface area contributed by atoms with Gasteiger partial charge in [-0.3, -0.25) is 0 Å². The highest BCUT2D eigenvalue weighted by Crippen LogP contribution is 2.29. The SMILES string of the molecule is Fc1cc2ccc3nc2c3c1. The third-order valence-corrected chi connectivity index (χ3v) is 2.03. The van der Waals surface area contributed by atoms with Gasteiger partial charge in [0.05, 0.1) is 11.0 Å². The fraction of sp³-hybridized carbons (Fsp3) is 0. The first kappa shape index (κ1) is 5.24. The number of rotatable bonds is 0. The van der Waals surface area contributed by atoms with E-state index in [1.807, 2.05) is 12.1 Å². The van der Waals surface area contributed by atoms with E-state index in [-0.39, 0.29) is 5.82 Å². The van der Waals surface area contributed by atoms with Crippen molar-refractivity contribution < 1.29 is 4.39 Å². The number of pyridine rings is 1. The predicted octanol–water partition coefficient (Wildman–Crippen LogP) is 2.40. The highest BCUT2D eigenvalue weighted by Gasteiger charge is 2.10. The number of fused-ring (bicyclic) bond motifs is 1. The normalized spacial score (nSPS) is 12.1. The van der Waals surface area contributed by atoms with Crippen LogP contribution in [-0.2, 0) is 0 Å². The van der Waals surface area contributed by atoms with Crippen molar-refractivity contribution in [3.05, 3.63) is 30.1 Å². The van der Waals surface area contributed by atoms with Crippen LogP contribution in [0, 0.1) is 5.82 Å². The van der Waals surface area contributed by atoms with Crippen LogP contribution in [-0.4, -0.2) is 4.98 Å². The van der Waals surface area contributed by atoms with Crippen molar-refractivity contribution in [2.24, 2.45) is 0 Å². The summed E-state index contributed by atoms with van der Waals surface area (Å²) in [5.41, 5.74) is 1.86. The summed E-state index contributed by atoms with van der Waals surface area (Å²) in [6, 6.07) is 6.85. The summed E-state index contributed by atoms with van der Waals surface area (Å²) in [5.74, 6) is -0.171. The molecule has 52 valence electrons. The lowest BCUT2D eigenvalue weighted by atomic mass is 10.0. The fourth-order valence-electron chi connectivity index (χ4n) is 1.49. The number of nitrogens with zero attached hydrogens (tertiary/aromatic N) is 1. The summed E-state index contributed by atoms with van der Waals surface area (Å²) in [5, 5.41) is 1.86. The Balaban J connectivity index is 2.69. The molecule has 0 aliphatic heterocycles. The van der Waals surface area contributed by atoms with Crippen LogP contribution in [0.4, 0.5) is 4.39 Å². The molecule has 0 aliphatic rings. The zero-order valence-electron chi connectivity index (χ0n) is 5.63. The lowest BCUT2D eigenvalue weighted by molar-refractivity contribution is 0.631. The van der Waals surface area contributed by atoms with E-state index >= 15 is 0 Å². The molecule has 2 aromatic heterocycles. The molecular weight excluding hydrogens is 141 g/mol. The summed E-state index contributed by atoms with van der Waals surface area (Å²) in [6.07, 6.45) is 0. The number of benzene rings is 2. The molecule has 1 nitrogen and oxygen atoms in total. The molecule has 0 N–H and O–H groups in total. The van der Waals surface area contributed by atoms with Crippen molar-refractivity contribution in [3.8, 4) is 0 Å². The first-order valence-corrected chi connectivity index (χ1v) is 3.45. The first-order valence-electron chi connectivity index (χ1n) is 3.45. The lowest BCUT2D eigenvalue weighted by Gasteiger charge is -2.08. The third-order valence-electron chi connectivity index (χ3n) is 2.03. The second-order valence-corrected chi connectivity index (χ2v) is 2.72. The van der Waals surface area contributed by atoms with E-state index in [4.69, 9.17) is 0 Å². The predicted molar refractivity (Wildman–Crippen MR) is 41.6 cm³/mol. The van der Waals surface area contributed by atoms with Crippen LogP contribution in [0.1, 0.15) is 0 Å². The van der Waals surface area contributed by atoms with Gasteiger partial charge in [-0.2, -0.15) is 0 Å². The Morgan fingerprint density at radius 3 is 2.82 bits per heavy atom. The van der Waals surface area contributed by atoms with Crippen molar-refractivity contribution in [3.63, 3.8) is 0 Å². The van der Waals surface area contributed by atoms with Gasteiger partial charge in [-0.05, 0) is 18.2 Å². The van der Waals surface area contributed by atoms with Crippen LogP contribution in [0.5, 0.6) is 0 Å². The minimum absolute atomic E-state index is 0.171. The smallest absolute Gasteiger partial charge is 0.124 e. The van der Waals surface area contributed by atoms with Gasteiger partial charge in [-0.15, -0.1) is 0 Å². The molecule has 0 spiro atoms. The molecule has 0 aliphatic carbocycles. The average Bonchev–Trinajstić information content (AvgIpc) is 1.98. The summed E-state index contributed by atoms with van der Waals surface area (Å²) in [4.78, 5) is 4.18. The van der Waals surface area contributed by atoms with E-state index in [0.717, 1.165) is 21.8 Å². The van der Waals surface area contributed by atoms with Crippen LogP contribution < -0.4 is 0 Å². The summed E-state index contributed by atoms with van der Waals surface area (Å²) in [7, 11) is 0. The Bertz CT molecular complexity index is 479. The molecule has 4 bridgehead atoms. The van der Waals surface area contributed by atoms with Gasteiger partial charge in [-0.1, -0.05) is 6.07 Å². The topological polar surface area (TPSA) is 12.9 Å². The second kappa shape index (κ2) is 1.42. The Morgan fingerprint density at radius 2 is 2.09 bits per heavy atom. The second-order valence-electron chi connectivity index (χ2n) is 2.72. The first-order chi connectivity index (χ1) is 5.34. The van der Waals surface area contributed by atoms with Gasteiger partial charge in [0.15, 0.2) is 0 Å². The van der Waals surface area contributed by atoms with E-state index in [0.29, 0.717) is 0 Å². The largest absolute Gasteiger partial charge is 0.247 e. The summed E-state index contributed by atoms with van der Waals surface area (Å²) >= 11 is 0. The van der Waals surface area contributed by atoms with Gasteiger partial charge < -0.3 is 0 Å². The molecule has 0 atom stereocenters. The molecule has 2 heteroatoms. The molecule has 2 heterocycles. The maximum Gasteiger partial charge on any atom is 0.124 e. The molecular formula is C9H4FN. The minimum atomic E-state index is -0.171. The maximum absolute atomic E-state index is 12.8. The van der Waals surface area contributed by atoms with Gasteiger partial charge >= 0.3 is 0 Å². The summed E-state index contributed by atoms with van der Waals surface area (Å²) < 4.78 is 12.8. The standard InChI is InChI=1S/C9H4FN/c10-6-3-5-1-2-8-7(4-6)9(5)11-8/h1-4H. The van der Waals surface area contributed by atoms with Gasteiger partial charge in [0, 0.05) is 10.8 Å². The Labute approximate surface area is 62.1 Å². The molecule has 0 saturated heterocycles. The van der Waals surface area contributed by atoms with E-state index < -0.39 is 0 Å². The van der Waals surface area contributed by atoms with Gasteiger partial charge in [0.1, 0.15) is 5.82 Å². The van der Waals surface area contributed by atoms with Crippen molar-refractivity contribution in [2.45, 2.75) is 0 Å². The zero-order valence-corrected chi connectivity index (χ0v) is 5.63. The molecule has 4 aromatic rings. The van der Waals surface area contributed by atoms with E-state index in [1.165, 1.54) is 12.1 Å². The van der Waals surface area contributed by atoms with E-state index in [1.54, 1.807) is 0 Å². The van der Waals surface area contributed by atoms with E-state index in [2.05, 4.69) is 4.98 Å². The van der Waals surface area contributed by atoms with Crippen LogP contribution >= 0.6 is 0 Å². The molecule has 0 fully saturated rings. The van der Waals surface area contributed by atoms with Crippen molar-refractivity contribution in [1.29, 1.82) is 0 Å². The highest BCUT2D eigenvalue weighted by molar-refractivity contribution is 6.10. The molecule has 0 radical (unpaired) electrons.